The second-order valence-corrected chi connectivity index (χ2v) is 11.4. The Morgan fingerprint density at radius 3 is 2.39 bits per heavy atom. The lowest BCUT2D eigenvalue weighted by Gasteiger charge is -2.43. The van der Waals surface area contributed by atoms with Crippen molar-refractivity contribution in [3.05, 3.63) is 0 Å². The highest BCUT2D eigenvalue weighted by atomic mass is 16.5. The van der Waals surface area contributed by atoms with E-state index in [2.05, 4.69) is 27.5 Å². The topological polar surface area (TPSA) is 155 Å². The molecular weight excluding hydrogens is 496 g/mol. The monoisotopic (exact) mass is 536 g/mol. The van der Waals surface area contributed by atoms with Crippen molar-refractivity contribution in [1.82, 2.24) is 30.2 Å². The number of piperidine rings is 1. The molecule has 0 aromatic rings. The Hall–Kier alpha value is -2.32. The van der Waals surface area contributed by atoms with E-state index in [9.17, 15) is 29.4 Å². The number of ether oxygens (including phenoxy) is 1. The van der Waals surface area contributed by atoms with Crippen molar-refractivity contribution in [3.63, 3.8) is 0 Å². The Kier molecular flexibility index (Phi) is 7.92. The average Bonchev–Trinajstić information content (AvgIpc) is 3.42. The number of carbonyl (C=O) groups excluding carboxylic acids is 4. The fourth-order valence-corrected chi connectivity index (χ4v) is 6.69. The van der Waals surface area contributed by atoms with Gasteiger partial charge in [0.05, 0.1) is 25.1 Å². The van der Waals surface area contributed by atoms with Gasteiger partial charge in [0.1, 0.15) is 24.4 Å². The van der Waals surface area contributed by atoms with Crippen molar-refractivity contribution in [2.75, 3.05) is 52.9 Å². The third-order valence-electron chi connectivity index (χ3n) is 8.87. The summed E-state index contributed by atoms with van der Waals surface area (Å²) in [5.41, 5.74) is 0. The molecule has 0 spiro atoms. The lowest BCUT2D eigenvalue weighted by molar-refractivity contribution is -0.149. The number of fused-ring (bicyclic) bond motifs is 6. The molecule has 0 radical (unpaired) electrons. The summed E-state index contributed by atoms with van der Waals surface area (Å²) in [6.07, 6.45) is -2.21. The highest BCUT2D eigenvalue weighted by Crippen LogP contribution is 2.29. The quantitative estimate of drug-likeness (QED) is 0.270. The molecule has 5 heterocycles. The van der Waals surface area contributed by atoms with E-state index in [4.69, 9.17) is 4.74 Å². The number of hydrogen-bond acceptors (Lipinski definition) is 9. The number of piperazine rings is 1. The Morgan fingerprint density at radius 1 is 0.974 bits per heavy atom. The van der Waals surface area contributed by atoms with Crippen LogP contribution in [0.4, 0.5) is 0 Å². The summed E-state index contributed by atoms with van der Waals surface area (Å²) in [4.78, 5) is 60.1. The molecule has 5 fully saturated rings. The van der Waals surface area contributed by atoms with E-state index in [0.717, 1.165) is 25.9 Å². The van der Waals surface area contributed by atoms with Gasteiger partial charge in [-0.2, -0.15) is 0 Å². The van der Waals surface area contributed by atoms with Crippen LogP contribution >= 0.6 is 0 Å². The molecule has 0 aliphatic carbocycles. The minimum Gasteiger partial charge on any atom is -0.388 e. The summed E-state index contributed by atoms with van der Waals surface area (Å²) >= 11 is 0. The summed E-state index contributed by atoms with van der Waals surface area (Å²) in [6, 6.07) is -1.35. The maximum atomic E-state index is 13.9. The molecular formula is C25H40N6O7. The Labute approximate surface area is 222 Å². The molecule has 0 aromatic heterocycles. The molecule has 4 N–H and O–H groups in total. The van der Waals surface area contributed by atoms with Crippen LogP contribution in [0.1, 0.15) is 32.6 Å². The first kappa shape index (κ1) is 27.3. The average molecular weight is 537 g/mol. The molecule has 4 amide bonds. The highest BCUT2D eigenvalue weighted by Gasteiger charge is 2.47. The normalized spacial score (nSPS) is 38.3. The third kappa shape index (κ3) is 5.39. The van der Waals surface area contributed by atoms with Crippen LogP contribution in [0.25, 0.3) is 0 Å². The number of aliphatic hydroxyl groups is 2. The van der Waals surface area contributed by atoms with Gasteiger partial charge in [0, 0.05) is 45.2 Å². The maximum absolute atomic E-state index is 13.9. The van der Waals surface area contributed by atoms with E-state index in [1.165, 1.54) is 11.8 Å². The Balaban J connectivity index is 1.42. The van der Waals surface area contributed by atoms with Crippen LogP contribution in [0.5, 0.6) is 0 Å². The molecule has 0 unspecified atom stereocenters. The number of carbonyl (C=O) groups is 4. The van der Waals surface area contributed by atoms with E-state index >= 15 is 0 Å². The first-order chi connectivity index (χ1) is 18.1. The number of likely N-dealkylation sites (tertiary alicyclic amines) is 2. The Morgan fingerprint density at radius 2 is 1.68 bits per heavy atom. The van der Waals surface area contributed by atoms with Crippen molar-refractivity contribution < 1.29 is 34.1 Å². The lowest BCUT2D eigenvalue weighted by Crippen LogP contribution is -2.63. The molecule has 13 nitrogen and oxygen atoms in total. The van der Waals surface area contributed by atoms with Gasteiger partial charge in [0.15, 0.2) is 0 Å². The summed E-state index contributed by atoms with van der Waals surface area (Å²) in [6.45, 7) is 4.34. The summed E-state index contributed by atoms with van der Waals surface area (Å²) in [5.74, 6) is -1.10. The summed E-state index contributed by atoms with van der Waals surface area (Å²) in [5, 5.41) is 26.7. The van der Waals surface area contributed by atoms with Crippen LogP contribution in [0.3, 0.4) is 0 Å². The van der Waals surface area contributed by atoms with Crippen LogP contribution in [0.2, 0.25) is 0 Å². The third-order valence-corrected chi connectivity index (χ3v) is 8.87. The lowest BCUT2D eigenvalue weighted by atomic mass is 10.0. The van der Waals surface area contributed by atoms with Gasteiger partial charge < -0.3 is 40.3 Å². The van der Waals surface area contributed by atoms with Gasteiger partial charge in [0.2, 0.25) is 23.6 Å². The van der Waals surface area contributed by atoms with Crippen LogP contribution < -0.4 is 10.6 Å². The first-order valence-corrected chi connectivity index (χ1v) is 13.7. The van der Waals surface area contributed by atoms with Crippen LogP contribution in [0.15, 0.2) is 0 Å². The van der Waals surface area contributed by atoms with Gasteiger partial charge in [-0.25, -0.2) is 0 Å². The van der Waals surface area contributed by atoms with Crippen LogP contribution in [-0.2, 0) is 23.9 Å². The van der Waals surface area contributed by atoms with E-state index < -0.39 is 42.4 Å². The molecule has 5 rings (SSSR count). The van der Waals surface area contributed by atoms with Crippen LogP contribution in [-0.4, -0.2) is 155 Å². The van der Waals surface area contributed by atoms with Gasteiger partial charge in [-0.1, -0.05) is 0 Å². The standard InChI is InChI=1S/C25H40N6O7/c1-14(32)30-8-7-29-13-18(30)24(36)26-11-20-23(35)22(34)19(38-20)10-21(33)27-15-9-17(25(29)37)31(12-15)16-3-5-28(2)6-4-16/h15-20,22-23,34-35H,3-13H2,1-2H3,(H,26,36)(H,27,33)/t15-,17-,18-,19-,20+,22-,23+/m0/s1. The minimum absolute atomic E-state index is 0.0678. The van der Waals surface area contributed by atoms with Crippen molar-refractivity contribution in [3.8, 4) is 0 Å². The van der Waals surface area contributed by atoms with Gasteiger partial charge in [0.25, 0.3) is 0 Å². The van der Waals surface area contributed by atoms with Gasteiger partial charge in [-0.3, -0.25) is 24.1 Å². The number of nitrogens with one attached hydrogen (secondary N) is 2. The number of rotatable bonds is 1. The molecule has 5 aliphatic heterocycles. The van der Waals surface area contributed by atoms with Gasteiger partial charge in [-0.05, 0) is 39.4 Å². The van der Waals surface area contributed by atoms with E-state index in [-0.39, 0.29) is 55.9 Å². The van der Waals surface area contributed by atoms with Crippen molar-refractivity contribution in [2.24, 2.45) is 0 Å². The predicted octanol–water partition coefficient (Wildman–Crippen LogP) is -3.29. The van der Waals surface area contributed by atoms with Crippen molar-refractivity contribution in [1.29, 1.82) is 0 Å². The molecule has 5 aliphatic rings. The fraction of sp³-hybridized carbons (Fsp3) is 0.840. The molecule has 0 saturated carbocycles. The molecule has 6 bridgehead atoms. The second kappa shape index (κ2) is 11.0. The van der Waals surface area contributed by atoms with Crippen molar-refractivity contribution >= 4 is 23.6 Å². The SMILES string of the molecule is CC(=O)N1CCN2C[C@H]1C(=O)NC[C@H]1O[C@@H](CC(=O)N[C@H]3C[C@@H](C2=O)N(C2CCN(C)CC2)C3)[C@H](O)[C@@H]1O. The molecule has 5 saturated heterocycles. The number of amides is 4. The second-order valence-electron chi connectivity index (χ2n) is 11.4. The summed E-state index contributed by atoms with van der Waals surface area (Å²) < 4.78 is 5.77. The first-order valence-electron chi connectivity index (χ1n) is 13.7. The number of hydrogen-bond donors (Lipinski definition) is 4. The largest absolute Gasteiger partial charge is 0.388 e. The highest BCUT2D eigenvalue weighted by molar-refractivity contribution is 5.89. The van der Waals surface area contributed by atoms with E-state index in [1.807, 2.05) is 0 Å². The van der Waals surface area contributed by atoms with E-state index in [0.29, 0.717) is 19.5 Å². The van der Waals surface area contributed by atoms with Gasteiger partial charge >= 0.3 is 0 Å². The number of aliphatic hydroxyl groups excluding tert-OH is 2. The van der Waals surface area contributed by atoms with Crippen molar-refractivity contribution in [2.45, 2.75) is 81.2 Å². The molecule has 38 heavy (non-hydrogen) atoms. The Bertz CT molecular complexity index is 943. The predicted molar refractivity (Wildman–Crippen MR) is 134 cm³/mol. The smallest absolute Gasteiger partial charge is 0.244 e. The minimum atomic E-state index is -1.27. The summed E-state index contributed by atoms with van der Waals surface area (Å²) in [7, 11) is 2.08. The van der Waals surface area contributed by atoms with Crippen LogP contribution in [0, 0.1) is 0 Å². The molecule has 212 valence electrons. The number of nitrogens with zero attached hydrogens (tertiary/aromatic N) is 4. The maximum Gasteiger partial charge on any atom is 0.244 e. The zero-order valence-electron chi connectivity index (χ0n) is 22.1. The molecule has 13 heteroatoms. The zero-order chi connectivity index (χ0) is 27.1. The van der Waals surface area contributed by atoms with Gasteiger partial charge in [-0.15, -0.1) is 0 Å². The fourth-order valence-electron chi connectivity index (χ4n) is 6.69. The molecule has 0 aromatic carbocycles. The molecule has 7 atom stereocenters. The van der Waals surface area contributed by atoms with E-state index in [1.54, 1.807) is 4.90 Å². The zero-order valence-corrected chi connectivity index (χ0v) is 22.1.